The lowest BCUT2D eigenvalue weighted by atomic mass is 10.2. The minimum absolute atomic E-state index is 0.394. The van der Waals surface area contributed by atoms with Crippen molar-refractivity contribution in [3.63, 3.8) is 0 Å². The molecule has 0 atom stereocenters. The molecule has 1 aromatic carbocycles. The Kier molecular flexibility index (Phi) is 4.12. The van der Waals surface area contributed by atoms with Crippen LogP contribution in [0.3, 0.4) is 0 Å². The van der Waals surface area contributed by atoms with Crippen LogP contribution in [0.2, 0.25) is 0 Å². The molecule has 6 nitrogen and oxygen atoms in total. The number of aromatic nitrogens is 3. The average molecular weight is 382 g/mol. The number of methoxy groups -OCH3 is 2. The first-order chi connectivity index (χ1) is 10.7. The Hall–Kier alpha value is -1.93. The lowest BCUT2D eigenvalue weighted by Crippen LogP contribution is -2.03. The van der Waals surface area contributed by atoms with Crippen LogP contribution in [0.5, 0.6) is 11.5 Å². The van der Waals surface area contributed by atoms with Gasteiger partial charge in [0.05, 0.1) is 14.2 Å². The first-order valence-electron chi connectivity index (χ1n) is 6.27. The summed E-state index contributed by atoms with van der Waals surface area (Å²) in [6.45, 7) is 0. The monoisotopic (exact) mass is 381 g/mol. The molecule has 0 aliphatic rings. The smallest absolute Gasteiger partial charge is 0.205 e. The summed E-state index contributed by atoms with van der Waals surface area (Å²) >= 11 is 7.66. The third kappa shape index (κ3) is 2.48. The highest BCUT2D eigenvalue weighted by atomic mass is 79.9. The van der Waals surface area contributed by atoms with Crippen molar-refractivity contribution in [2.24, 2.45) is 0 Å². The fraction of sp³-hybridized carbons (Fsp3) is 0.143. The normalized spacial score (nSPS) is 10.7. The number of ether oxygens (including phenoxy) is 2. The van der Waals surface area contributed by atoms with Crippen LogP contribution in [0.1, 0.15) is 0 Å². The van der Waals surface area contributed by atoms with E-state index < -0.39 is 0 Å². The van der Waals surface area contributed by atoms with Gasteiger partial charge in [0.1, 0.15) is 17.2 Å². The molecule has 114 valence electrons. The minimum atomic E-state index is 0.394. The zero-order chi connectivity index (χ0) is 15.7. The van der Waals surface area contributed by atoms with Crippen LogP contribution in [0.25, 0.3) is 17.3 Å². The van der Waals surface area contributed by atoms with Crippen molar-refractivity contribution < 1.29 is 13.9 Å². The van der Waals surface area contributed by atoms with E-state index in [1.54, 1.807) is 30.9 Å². The van der Waals surface area contributed by atoms with Crippen molar-refractivity contribution >= 4 is 28.6 Å². The van der Waals surface area contributed by atoms with E-state index in [1.807, 2.05) is 18.2 Å². The Morgan fingerprint density at radius 3 is 2.32 bits per heavy atom. The van der Waals surface area contributed by atoms with E-state index >= 15 is 0 Å². The van der Waals surface area contributed by atoms with Crippen molar-refractivity contribution in [2.75, 3.05) is 14.2 Å². The van der Waals surface area contributed by atoms with Crippen molar-refractivity contribution in [3.05, 3.63) is 35.0 Å². The van der Waals surface area contributed by atoms with Crippen LogP contribution in [0.4, 0.5) is 0 Å². The summed E-state index contributed by atoms with van der Waals surface area (Å²) in [4.78, 5) is 0. The maximum atomic E-state index is 5.57. The van der Waals surface area contributed by atoms with E-state index in [4.69, 9.17) is 13.9 Å². The van der Waals surface area contributed by atoms with Crippen LogP contribution in [0.15, 0.2) is 44.6 Å². The second-order valence-electron chi connectivity index (χ2n) is 4.27. The molecule has 0 amide bonds. The van der Waals surface area contributed by atoms with Gasteiger partial charge >= 0.3 is 0 Å². The van der Waals surface area contributed by atoms with Crippen molar-refractivity contribution in [1.29, 1.82) is 0 Å². The van der Waals surface area contributed by atoms with Crippen molar-refractivity contribution in [3.8, 4) is 28.8 Å². The van der Waals surface area contributed by atoms with E-state index in [9.17, 15) is 0 Å². The molecule has 2 heterocycles. The summed E-state index contributed by atoms with van der Waals surface area (Å²) in [6.07, 6.45) is 0. The number of furan rings is 1. The zero-order valence-corrected chi connectivity index (χ0v) is 14.3. The lowest BCUT2D eigenvalue weighted by molar-refractivity contribution is 0.390. The molecule has 3 rings (SSSR count). The number of benzene rings is 1. The van der Waals surface area contributed by atoms with Gasteiger partial charge < -0.3 is 13.9 Å². The molecular formula is C14H12BrN3O3S. The topological polar surface area (TPSA) is 62.3 Å². The van der Waals surface area contributed by atoms with E-state index in [2.05, 4.69) is 38.8 Å². The fourth-order valence-electron chi connectivity index (χ4n) is 2.13. The SMILES string of the molecule is COc1cccc(OC)c1-n1c(S)nnc1-c1ccc(Br)o1. The summed E-state index contributed by atoms with van der Waals surface area (Å²) < 4.78 is 18.8. The zero-order valence-electron chi connectivity index (χ0n) is 11.8. The van der Waals surface area contributed by atoms with Crippen LogP contribution in [-0.4, -0.2) is 29.0 Å². The lowest BCUT2D eigenvalue weighted by Gasteiger charge is -2.15. The molecular weight excluding hydrogens is 370 g/mol. The number of hydrogen-bond donors (Lipinski definition) is 1. The Morgan fingerprint density at radius 1 is 1.09 bits per heavy atom. The van der Waals surface area contributed by atoms with Crippen LogP contribution >= 0.6 is 28.6 Å². The van der Waals surface area contributed by atoms with Gasteiger partial charge in [-0.05, 0) is 40.2 Å². The second-order valence-corrected chi connectivity index (χ2v) is 5.46. The summed E-state index contributed by atoms with van der Waals surface area (Å²) in [6, 6.07) is 9.07. The summed E-state index contributed by atoms with van der Waals surface area (Å²) in [5, 5.41) is 8.55. The summed E-state index contributed by atoms with van der Waals surface area (Å²) in [7, 11) is 3.17. The first kappa shape index (κ1) is 15.0. The van der Waals surface area contributed by atoms with E-state index in [1.165, 1.54) is 0 Å². The predicted octanol–water partition coefficient (Wildman–Crippen LogP) is 3.60. The Balaban J connectivity index is 2.28. The molecule has 8 heteroatoms. The van der Waals surface area contributed by atoms with E-state index in [0.717, 1.165) is 0 Å². The number of nitrogens with zero attached hydrogens (tertiary/aromatic N) is 3. The van der Waals surface area contributed by atoms with Crippen LogP contribution < -0.4 is 9.47 Å². The molecule has 0 unspecified atom stereocenters. The Bertz CT molecular complexity index is 793. The standard InChI is InChI=1S/C14H12BrN3O3S/c1-19-8-4-3-5-9(20-2)12(8)18-13(16-17-14(18)22)10-6-7-11(15)21-10/h3-7H,1-2H3,(H,17,22). The Labute approximate surface area is 140 Å². The van der Waals surface area contributed by atoms with Gasteiger partial charge in [-0.25, -0.2) is 0 Å². The number of rotatable bonds is 4. The molecule has 0 N–H and O–H groups in total. The highest BCUT2D eigenvalue weighted by Gasteiger charge is 2.22. The van der Waals surface area contributed by atoms with Gasteiger partial charge in [0, 0.05) is 0 Å². The predicted molar refractivity (Wildman–Crippen MR) is 87.1 cm³/mol. The third-order valence-electron chi connectivity index (χ3n) is 3.06. The maximum Gasteiger partial charge on any atom is 0.205 e. The maximum absolute atomic E-state index is 5.57. The third-order valence-corrected chi connectivity index (χ3v) is 3.78. The van der Waals surface area contributed by atoms with Gasteiger partial charge in [-0.1, -0.05) is 6.07 Å². The molecule has 3 aromatic rings. The molecule has 0 aliphatic carbocycles. The first-order valence-corrected chi connectivity index (χ1v) is 7.51. The van der Waals surface area contributed by atoms with E-state index in [0.29, 0.717) is 38.6 Å². The number of halogens is 1. The fourth-order valence-corrected chi connectivity index (χ4v) is 2.67. The molecule has 2 aromatic heterocycles. The molecule has 22 heavy (non-hydrogen) atoms. The minimum Gasteiger partial charge on any atom is -0.494 e. The van der Waals surface area contributed by atoms with Gasteiger partial charge in [0.15, 0.2) is 15.6 Å². The molecule has 0 bridgehead atoms. The number of hydrogen-bond acceptors (Lipinski definition) is 6. The van der Waals surface area contributed by atoms with Gasteiger partial charge in [-0.2, -0.15) is 0 Å². The molecule has 0 radical (unpaired) electrons. The molecule has 0 aliphatic heterocycles. The largest absolute Gasteiger partial charge is 0.494 e. The second kappa shape index (κ2) is 6.05. The molecule has 0 saturated carbocycles. The van der Waals surface area contributed by atoms with Crippen LogP contribution in [-0.2, 0) is 0 Å². The molecule has 0 saturated heterocycles. The van der Waals surface area contributed by atoms with Gasteiger partial charge in [-0.15, -0.1) is 22.8 Å². The summed E-state index contributed by atoms with van der Waals surface area (Å²) in [5.41, 5.74) is 0.657. The molecule has 0 fully saturated rings. The Morgan fingerprint density at radius 2 is 1.77 bits per heavy atom. The highest BCUT2D eigenvalue weighted by Crippen LogP contribution is 2.37. The average Bonchev–Trinajstić information content (AvgIpc) is 3.12. The van der Waals surface area contributed by atoms with Gasteiger partial charge in [0.25, 0.3) is 0 Å². The van der Waals surface area contributed by atoms with Gasteiger partial charge in [0.2, 0.25) is 5.82 Å². The summed E-state index contributed by atoms with van der Waals surface area (Å²) in [5.74, 6) is 2.27. The van der Waals surface area contributed by atoms with Crippen molar-refractivity contribution in [2.45, 2.75) is 5.16 Å². The van der Waals surface area contributed by atoms with E-state index in [-0.39, 0.29) is 0 Å². The van der Waals surface area contributed by atoms with Crippen molar-refractivity contribution in [1.82, 2.24) is 14.8 Å². The highest BCUT2D eigenvalue weighted by molar-refractivity contribution is 9.10. The van der Waals surface area contributed by atoms with Crippen LogP contribution in [0, 0.1) is 0 Å². The molecule has 0 spiro atoms. The number of para-hydroxylation sites is 1. The number of thiol groups is 1. The quantitative estimate of drug-likeness (QED) is 0.699. The van der Waals surface area contributed by atoms with Gasteiger partial charge in [-0.3, -0.25) is 4.57 Å².